The SMILES string of the molecule is COC(=O)[C@H](C)[C@H](NC(=O)c1cc(Br)c2c(c1)OCCO2)c1ccccc1. The highest BCUT2D eigenvalue weighted by molar-refractivity contribution is 9.10. The van der Waals surface area contributed by atoms with Crippen LogP contribution in [0.5, 0.6) is 11.5 Å². The van der Waals surface area contributed by atoms with Crippen LogP contribution in [-0.2, 0) is 9.53 Å². The van der Waals surface area contributed by atoms with Gasteiger partial charge in [-0.2, -0.15) is 0 Å². The highest BCUT2D eigenvalue weighted by Crippen LogP contribution is 2.38. The fraction of sp³-hybridized carbons (Fsp3) is 0.300. The number of methoxy groups -OCH3 is 1. The van der Waals surface area contributed by atoms with E-state index in [9.17, 15) is 9.59 Å². The molecule has 0 unspecified atom stereocenters. The molecule has 0 fully saturated rings. The number of hydrogen-bond donors (Lipinski definition) is 1. The number of ether oxygens (including phenoxy) is 3. The average Bonchev–Trinajstić information content (AvgIpc) is 2.71. The Morgan fingerprint density at radius 3 is 2.56 bits per heavy atom. The van der Waals surface area contributed by atoms with Crippen molar-refractivity contribution in [1.29, 1.82) is 0 Å². The third-order valence-electron chi connectivity index (χ3n) is 4.38. The second-order valence-electron chi connectivity index (χ2n) is 6.16. The Bertz CT molecular complexity index is 840. The molecule has 1 aliphatic rings. The second kappa shape index (κ2) is 8.43. The van der Waals surface area contributed by atoms with Crippen molar-refractivity contribution in [1.82, 2.24) is 5.32 Å². The van der Waals surface area contributed by atoms with Crippen molar-refractivity contribution in [2.24, 2.45) is 5.92 Å². The van der Waals surface area contributed by atoms with E-state index in [-0.39, 0.29) is 5.91 Å². The zero-order valence-electron chi connectivity index (χ0n) is 15.0. The molecule has 0 saturated carbocycles. The second-order valence-corrected chi connectivity index (χ2v) is 7.01. The number of hydrogen-bond acceptors (Lipinski definition) is 5. The average molecular weight is 434 g/mol. The van der Waals surface area contributed by atoms with Crippen LogP contribution < -0.4 is 14.8 Å². The first-order valence-corrected chi connectivity index (χ1v) is 9.33. The van der Waals surface area contributed by atoms with Gasteiger partial charge in [-0.15, -0.1) is 0 Å². The smallest absolute Gasteiger partial charge is 0.310 e. The molecule has 2 aromatic rings. The molecule has 0 spiro atoms. The maximum atomic E-state index is 12.9. The van der Waals surface area contributed by atoms with Gasteiger partial charge in [0, 0.05) is 5.56 Å². The van der Waals surface area contributed by atoms with Gasteiger partial charge < -0.3 is 19.5 Å². The molecule has 3 rings (SSSR count). The van der Waals surface area contributed by atoms with Crippen LogP contribution in [0.25, 0.3) is 0 Å². The van der Waals surface area contributed by atoms with E-state index in [0.717, 1.165) is 5.56 Å². The van der Waals surface area contributed by atoms with E-state index >= 15 is 0 Å². The van der Waals surface area contributed by atoms with Gasteiger partial charge in [0.1, 0.15) is 13.2 Å². The Kier molecular flexibility index (Phi) is 6.01. The summed E-state index contributed by atoms with van der Waals surface area (Å²) in [7, 11) is 1.33. The van der Waals surface area contributed by atoms with Crippen molar-refractivity contribution < 1.29 is 23.8 Å². The van der Waals surface area contributed by atoms with Crippen molar-refractivity contribution in [2.75, 3.05) is 20.3 Å². The summed E-state index contributed by atoms with van der Waals surface area (Å²) < 4.78 is 16.6. The van der Waals surface area contributed by atoms with Crippen LogP contribution in [0.1, 0.15) is 28.9 Å². The normalized spacial score (nSPS) is 14.8. The van der Waals surface area contributed by atoms with Crippen molar-refractivity contribution >= 4 is 27.8 Å². The van der Waals surface area contributed by atoms with E-state index in [1.165, 1.54) is 7.11 Å². The van der Waals surface area contributed by atoms with Gasteiger partial charge >= 0.3 is 5.97 Å². The number of rotatable bonds is 5. The predicted molar refractivity (Wildman–Crippen MR) is 103 cm³/mol. The molecule has 2 aromatic carbocycles. The zero-order valence-corrected chi connectivity index (χ0v) is 16.6. The summed E-state index contributed by atoms with van der Waals surface area (Å²) in [6, 6.07) is 12.1. The molecule has 142 valence electrons. The summed E-state index contributed by atoms with van der Waals surface area (Å²) in [6.45, 7) is 2.61. The lowest BCUT2D eigenvalue weighted by molar-refractivity contribution is -0.145. The summed E-state index contributed by atoms with van der Waals surface area (Å²) in [5.41, 5.74) is 1.23. The molecule has 6 nitrogen and oxygen atoms in total. The van der Waals surface area contributed by atoms with Crippen LogP contribution in [0, 0.1) is 5.92 Å². The first-order valence-electron chi connectivity index (χ1n) is 8.54. The molecule has 0 bridgehead atoms. The topological polar surface area (TPSA) is 73.9 Å². The minimum absolute atomic E-state index is 0.322. The number of nitrogens with one attached hydrogen (secondary N) is 1. The van der Waals surface area contributed by atoms with E-state index in [4.69, 9.17) is 14.2 Å². The number of amides is 1. The Labute approximate surface area is 165 Å². The molecule has 0 aliphatic carbocycles. The Morgan fingerprint density at radius 1 is 1.15 bits per heavy atom. The fourth-order valence-corrected chi connectivity index (χ4v) is 3.50. The monoisotopic (exact) mass is 433 g/mol. The van der Waals surface area contributed by atoms with Gasteiger partial charge in [0.2, 0.25) is 0 Å². The van der Waals surface area contributed by atoms with Crippen LogP contribution in [0.4, 0.5) is 0 Å². The van der Waals surface area contributed by atoms with E-state index in [2.05, 4.69) is 21.2 Å². The minimum atomic E-state index is -0.554. The van der Waals surface area contributed by atoms with Gasteiger partial charge in [0.25, 0.3) is 5.91 Å². The highest BCUT2D eigenvalue weighted by atomic mass is 79.9. The number of esters is 1. The van der Waals surface area contributed by atoms with Gasteiger partial charge in [-0.25, -0.2) is 0 Å². The Hall–Kier alpha value is -2.54. The lowest BCUT2D eigenvalue weighted by Crippen LogP contribution is -2.36. The van der Waals surface area contributed by atoms with Crippen molar-refractivity contribution in [3.05, 3.63) is 58.1 Å². The molecule has 1 heterocycles. The first-order chi connectivity index (χ1) is 13.0. The van der Waals surface area contributed by atoms with Crippen LogP contribution in [-0.4, -0.2) is 32.2 Å². The number of halogens is 1. The Morgan fingerprint density at radius 2 is 1.85 bits per heavy atom. The van der Waals surface area contributed by atoms with Gasteiger partial charge in [-0.3, -0.25) is 9.59 Å². The molecule has 27 heavy (non-hydrogen) atoms. The summed E-state index contributed by atoms with van der Waals surface area (Å²) in [6.07, 6.45) is 0. The van der Waals surface area contributed by atoms with E-state index in [1.54, 1.807) is 19.1 Å². The summed E-state index contributed by atoms with van der Waals surface area (Å²) >= 11 is 3.42. The highest BCUT2D eigenvalue weighted by Gasteiger charge is 2.29. The molecular weight excluding hydrogens is 414 g/mol. The van der Waals surface area contributed by atoms with Crippen molar-refractivity contribution in [2.45, 2.75) is 13.0 Å². The maximum Gasteiger partial charge on any atom is 0.310 e. The lowest BCUT2D eigenvalue weighted by Gasteiger charge is -2.25. The molecular formula is C20H20BrNO5. The number of benzene rings is 2. The number of carbonyl (C=O) groups excluding carboxylic acids is 2. The van der Waals surface area contributed by atoms with Crippen molar-refractivity contribution in [3.63, 3.8) is 0 Å². The quantitative estimate of drug-likeness (QED) is 0.730. The van der Waals surface area contributed by atoms with E-state index in [1.807, 2.05) is 30.3 Å². The van der Waals surface area contributed by atoms with Crippen molar-refractivity contribution in [3.8, 4) is 11.5 Å². The van der Waals surface area contributed by atoms with Gasteiger partial charge in [0.05, 0.1) is 23.5 Å². The first kappa shape index (κ1) is 19.2. The molecule has 7 heteroatoms. The summed E-state index contributed by atoms with van der Waals surface area (Å²) in [4.78, 5) is 25.0. The largest absolute Gasteiger partial charge is 0.486 e. The standard InChI is InChI=1S/C20H20BrNO5/c1-12(20(24)25-2)17(13-6-4-3-5-7-13)22-19(23)14-10-15(21)18-16(11-14)26-8-9-27-18/h3-7,10-12,17H,8-9H2,1-2H3,(H,22,23)/t12-,17+/m1/s1. The Balaban J connectivity index is 1.88. The number of fused-ring (bicyclic) bond motifs is 1. The molecule has 0 saturated heterocycles. The third kappa shape index (κ3) is 4.24. The van der Waals surface area contributed by atoms with Gasteiger partial charge in [-0.05, 0) is 40.5 Å². The van der Waals surface area contributed by atoms with Crippen LogP contribution >= 0.6 is 15.9 Å². The summed E-state index contributed by atoms with van der Waals surface area (Å²) in [5, 5.41) is 2.94. The molecule has 1 N–H and O–H groups in total. The van der Waals surface area contributed by atoms with Crippen LogP contribution in [0.3, 0.4) is 0 Å². The number of carbonyl (C=O) groups is 2. The zero-order chi connectivity index (χ0) is 19.4. The third-order valence-corrected chi connectivity index (χ3v) is 4.97. The van der Waals surface area contributed by atoms with E-state index < -0.39 is 17.9 Å². The minimum Gasteiger partial charge on any atom is -0.486 e. The van der Waals surface area contributed by atoms with Gasteiger partial charge in [0.15, 0.2) is 11.5 Å². The van der Waals surface area contributed by atoms with E-state index in [0.29, 0.717) is 34.7 Å². The van der Waals surface area contributed by atoms with Crippen LogP contribution in [0.15, 0.2) is 46.9 Å². The molecule has 0 aromatic heterocycles. The fourth-order valence-electron chi connectivity index (χ4n) is 2.95. The van der Waals surface area contributed by atoms with Crippen LogP contribution in [0.2, 0.25) is 0 Å². The molecule has 1 aliphatic heterocycles. The lowest BCUT2D eigenvalue weighted by atomic mass is 9.94. The molecule has 1 amide bonds. The molecule has 0 radical (unpaired) electrons. The predicted octanol–water partition coefficient (Wildman–Crippen LogP) is 3.50. The van der Waals surface area contributed by atoms with Gasteiger partial charge in [-0.1, -0.05) is 30.3 Å². The summed E-state index contributed by atoms with van der Waals surface area (Å²) in [5.74, 6) is -0.176. The molecule has 2 atom stereocenters. The maximum absolute atomic E-state index is 12.9.